The molecule has 1 fully saturated rings. The van der Waals surface area contributed by atoms with Gasteiger partial charge in [-0.25, -0.2) is 18.4 Å². The van der Waals surface area contributed by atoms with Crippen LogP contribution in [-0.2, 0) is 21.4 Å². The van der Waals surface area contributed by atoms with Crippen LogP contribution >= 0.6 is 0 Å². The normalized spacial score (nSPS) is 19.3. The number of carbonyl (C=O) groups is 1. The van der Waals surface area contributed by atoms with E-state index in [0.29, 0.717) is 24.6 Å². The number of aryl methyl sites for hydroxylation is 1. The molecule has 1 atom stereocenters. The van der Waals surface area contributed by atoms with Gasteiger partial charge in [-0.05, 0) is 33.6 Å². The summed E-state index contributed by atoms with van der Waals surface area (Å²) in [5.41, 5.74) is 1.47. The van der Waals surface area contributed by atoms with Gasteiger partial charge in [0, 0.05) is 31.8 Å². The molecule has 1 amide bonds. The Morgan fingerprint density at radius 1 is 1.48 bits per heavy atom. The molecule has 1 N–H and O–H groups in total. The van der Waals surface area contributed by atoms with Crippen LogP contribution in [0.2, 0.25) is 0 Å². The Morgan fingerprint density at radius 3 is 2.78 bits per heavy atom. The lowest BCUT2D eigenvalue weighted by Gasteiger charge is -2.27. The molecule has 2 rings (SSSR count). The van der Waals surface area contributed by atoms with Gasteiger partial charge in [0.25, 0.3) is 0 Å². The Hall–Kier alpha value is -1.54. The fraction of sp³-hybridized carbons (Fsp3) is 0.667. The number of rotatable bonds is 5. The van der Waals surface area contributed by atoms with Crippen molar-refractivity contribution in [3.05, 3.63) is 23.3 Å². The molecule has 8 heteroatoms. The summed E-state index contributed by atoms with van der Waals surface area (Å²) in [4.78, 5) is 19.8. The summed E-state index contributed by atoms with van der Waals surface area (Å²) in [6, 6.07) is -0.284. The minimum atomic E-state index is -3.35. The zero-order valence-corrected chi connectivity index (χ0v) is 14.9. The van der Waals surface area contributed by atoms with Crippen molar-refractivity contribution in [2.75, 3.05) is 6.54 Å². The second-order valence-corrected chi connectivity index (χ2v) is 8.54. The Morgan fingerprint density at radius 2 is 2.17 bits per heavy atom. The smallest absolute Gasteiger partial charge is 0.217 e. The van der Waals surface area contributed by atoms with Gasteiger partial charge in [-0.2, -0.15) is 4.31 Å². The van der Waals surface area contributed by atoms with E-state index in [4.69, 9.17) is 0 Å². The average Bonchev–Trinajstić information content (AvgIpc) is 2.95. The quantitative estimate of drug-likeness (QED) is 0.872. The summed E-state index contributed by atoms with van der Waals surface area (Å²) in [6.45, 7) is 7.41. The summed E-state index contributed by atoms with van der Waals surface area (Å²) in [6.07, 6.45) is 3.21. The minimum absolute atomic E-state index is 0.144. The van der Waals surface area contributed by atoms with Gasteiger partial charge in [0.15, 0.2) is 0 Å². The number of nitrogens with one attached hydrogen (secondary N) is 1. The molecule has 7 nitrogen and oxygen atoms in total. The monoisotopic (exact) mass is 340 g/mol. The van der Waals surface area contributed by atoms with E-state index in [9.17, 15) is 13.2 Å². The molecule has 1 aliphatic rings. The first-order valence-corrected chi connectivity index (χ1v) is 9.31. The van der Waals surface area contributed by atoms with Crippen LogP contribution in [0.3, 0.4) is 0 Å². The molecule has 0 spiro atoms. The summed E-state index contributed by atoms with van der Waals surface area (Å²) in [5.74, 6) is 0.454. The van der Waals surface area contributed by atoms with Crippen LogP contribution in [0.4, 0.5) is 0 Å². The second-order valence-electron chi connectivity index (χ2n) is 6.10. The molecular weight excluding hydrogens is 316 g/mol. The van der Waals surface area contributed by atoms with Crippen LogP contribution in [0, 0.1) is 6.92 Å². The van der Waals surface area contributed by atoms with E-state index in [1.54, 1.807) is 31.3 Å². The van der Waals surface area contributed by atoms with Crippen molar-refractivity contribution in [2.24, 2.45) is 0 Å². The van der Waals surface area contributed by atoms with E-state index in [-0.39, 0.29) is 11.9 Å². The van der Waals surface area contributed by atoms with Gasteiger partial charge < -0.3 is 5.32 Å². The first-order valence-electron chi connectivity index (χ1n) is 7.81. The lowest BCUT2D eigenvalue weighted by atomic mass is 10.1. The van der Waals surface area contributed by atoms with Crippen molar-refractivity contribution in [1.29, 1.82) is 0 Å². The number of carbonyl (C=O) groups excluding carboxylic acids is 1. The topological polar surface area (TPSA) is 92.3 Å². The molecule has 1 aromatic heterocycles. The van der Waals surface area contributed by atoms with E-state index >= 15 is 0 Å². The van der Waals surface area contributed by atoms with Gasteiger partial charge in [0.05, 0.1) is 17.0 Å². The van der Waals surface area contributed by atoms with Gasteiger partial charge in [0.1, 0.15) is 5.82 Å². The Kier molecular flexibility index (Phi) is 5.36. The molecule has 0 bridgehead atoms. The molecule has 128 valence electrons. The lowest BCUT2D eigenvalue weighted by Crippen LogP contribution is -2.37. The maximum absolute atomic E-state index is 12.6. The molecule has 0 radical (unpaired) electrons. The first-order chi connectivity index (χ1) is 10.7. The van der Waals surface area contributed by atoms with Crippen LogP contribution in [0.25, 0.3) is 0 Å². The average molecular weight is 340 g/mol. The highest BCUT2D eigenvalue weighted by Crippen LogP contribution is 2.35. The molecular formula is C15H24N4O3S. The van der Waals surface area contributed by atoms with E-state index < -0.39 is 15.3 Å². The molecule has 0 saturated carbocycles. The number of amides is 1. The minimum Gasteiger partial charge on any atom is -0.352 e. The third-order valence-corrected chi connectivity index (χ3v) is 6.27. The van der Waals surface area contributed by atoms with Gasteiger partial charge in [-0.3, -0.25) is 4.79 Å². The fourth-order valence-corrected chi connectivity index (χ4v) is 4.23. The summed E-state index contributed by atoms with van der Waals surface area (Å²) >= 11 is 0. The van der Waals surface area contributed by atoms with Crippen molar-refractivity contribution in [3.63, 3.8) is 0 Å². The number of hydrogen-bond donors (Lipinski definition) is 1. The molecule has 1 unspecified atom stereocenters. The van der Waals surface area contributed by atoms with Crippen LogP contribution in [-0.4, -0.2) is 40.4 Å². The van der Waals surface area contributed by atoms with Crippen LogP contribution < -0.4 is 5.32 Å². The van der Waals surface area contributed by atoms with Crippen LogP contribution in [0.5, 0.6) is 0 Å². The molecule has 2 heterocycles. The zero-order chi connectivity index (χ0) is 17.2. The van der Waals surface area contributed by atoms with E-state index in [1.165, 1.54) is 6.92 Å². The van der Waals surface area contributed by atoms with Crippen molar-refractivity contribution in [1.82, 2.24) is 19.6 Å². The summed E-state index contributed by atoms with van der Waals surface area (Å²) in [5, 5.41) is 2.27. The van der Waals surface area contributed by atoms with E-state index in [0.717, 1.165) is 18.4 Å². The third kappa shape index (κ3) is 3.87. The van der Waals surface area contributed by atoms with E-state index in [2.05, 4.69) is 15.3 Å². The lowest BCUT2D eigenvalue weighted by molar-refractivity contribution is -0.119. The standard InChI is InChI=1S/C15H24N4O3S/c1-10(2)23(21,22)19-7-5-6-14(19)15-13(9-17-12(4)20)8-16-11(3)18-15/h8,10,14H,5-7,9H2,1-4H3,(H,17,20). The molecule has 1 aliphatic heterocycles. The zero-order valence-electron chi connectivity index (χ0n) is 14.0. The number of sulfonamides is 1. The SMILES string of the molecule is CC(=O)NCc1cnc(C)nc1C1CCCN1S(=O)(=O)C(C)C. The number of hydrogen-bond acceptors (Lipinski definition) is 5. The Balaban J connectivity index is 2.39. The third-order valence-electron chi connectivity index (χ3n) is 3.99. The Bertz CT molecular complexity index is 688. The maximum Gasteiger partial charge on any atom is 0.217 e. The highest BCUT2D eigenvalue weighted by atomic mass is 32.2. The van der Waals surface area contributed by atoms with Crippen molar-refractivity contribution < 1.29 is 13.2 Å². The molecule has 23 heavy (non-hydrogen) atoms. The highest BCUT2D eigenvalue weighted by molar-refractivity contribution is 7.89. The molecule has 0 aliphatic carbocycles. The van der Waals surface area contributed by atoms with Crippen molar-refractivity contribution in [3.8, 4) is 0 Å². The number of aromatic nitrogens is 2. The van der Waals surface area contributed by atoms with Crippen LogP contribution in [0.15, 0.2) is 6.20 Å². The molecule has 0 aromatic carbocycles. The van der Waals surface area contributed by atoms with Gasteiger partial charge >= 0.3 is 0 Å². The second kappa shape index (κ2) is 6.92. The molecule has 1 saturated heterocycles. The number of nitrogens with zero attached hydrogens (tertiary/aromatic N) is 3. The van der Waals surface area contributed by atoms with Gasteiger partial charge in [-0.1, -0.05) is 0 Å². The Labute approximate surface area is 137 Å². The van der Waals surface area contributed by atoms with Gasteiger partial charge in [-0.15, -0.1) is 0 Å². The van der Waals surface area contributed by atoms with Crippen molar-refractivity contribution >= 4 is 15.9 Å². The van der Waals surface area contributed by atoms with Crippen LogP contribution in [0.1, 0.15) is 56.7 Å². The highest BCUT2D eigenvalue weighted by Gasteiger charge is 2.38. The maximum atomic E-state index is 12.6. The molecule has 1 aromatic rings. The fourth-order valence-electron chi connectivity index (χ4n) is 2.75. The predicted molar refractivity (Wildman–Crippen MR) is 87.0 cm³/mol. The predicted octanol–water partition coefficient (Wildman–Crippen LogP) is 1.30. The summed E-state index contributed by atoms with van der Waals surface area (Å²) < 4.78 is 26.7. The van der Waals surface area contributed by atoms with Gasteiger partial charge in [0.2, 0.25) is 15.9 Å². The van der Waals surface area contributed by atoms with E-state index in [1.807, 2.05) is 0 Å². The largest absolute Gasteiger partial charge is 0.352 e. The summed E-state index contributed by atoms with van der Waals surface area (Å²) in [7, 11) is -3.35. The van der Waals surface area contributed by atoms with Crippen molar-refractivity contribution in [2.45, 2.75) is 58.4 Å². The first kappa shape index (κ1) is 17.8.